The Morgan fingerprint density at radius 3 is 2.64 bits per heavy atom. The molecule has 1 saturated heterocycles. The van der Waals surface area contributed by atoms with Crippen LogP contribution in [0, 0.1) is 17.6 Å². The summed E-state index contributed by atoms with van der Waals surface area (Å²) in [4.78, 5) is 41.8. The van der Waals surface area contributed by atoms with E-state index in [1.54, 1.807) is 24.0 Å². The van der Waals surface area contributed by atoms with E-state index >= 15 is 4.39 Å². The molecule has 2 fully saturated rings. The van der Waals surface area contributed by atoms with E-state index in [2.05, 4.69) is 20.3 Å². The first-order valence-corrected chi connectivity index (χ1v) is 12.9. The van der Waals surface area contributed by atoms with E-state index in [9.17, 15) is 19.1 Å². The number of anilines is 2. The molecule has 12 heteroatoms. The second kappa shape index (κ2) is 8.92. The fourth-order valence-corrected chi connectivity index (χ4v) is 5.60. The number of fused-ring (bicyclic) bond motifs is 1. The van der Waals surface area contributed by atoms with Gasteiger partial charge in [-0.2, -0.15) is 0 Å². The van der Waals surface area contributed by atoms with Crippen molar-refractivity contribution in [3.63, 3.8) is 0 Å². The zero-order valence-corrected chi connectivity index (χ0v) is 21.9. The van der Waals surface area contributed by atoms with Crippen molar-refractivity contribution in [1.29, 1.82) is 0 Å². The van der Waals surface area contributed by atoms with Crippen LogP contribution < -0.4 is 10.2 Å². The van der Waals surface area contributed by atoms with E-state index < -0.39 is 28.6 Å². The summed E-state index contributed by atoms with van der Waals surface area (Å²) >= 11 is 6.12. The average molecular weight is 555 g/mol. The van der Waals surface area contributed by atoms with Crippen molar-refractivity contribution in [3.05, 3.63) is 76.2 Å². The van der Waals surface area contributed by atoms with Gasteiger partial charge in [-0.15, -0.1) is 0 Å². The molecule has 2 amide bonds. The summed E-state index contributed by atoms with van der Waals surface area (Å²) in [6, 6.07) is 7.02. The number of carbonyl (C=O) groups excluding carboxylic acids is 2. The fourth-order valence-electron chi connectivity index (χ4n) is 5.42. The van der Waals surface area contributed by atoms with Crippen LogP contribution in [-0.2, 0) is 10.2 Å². The van der Waals surface area contributed by atoms with E-state index in [1.807, 2.05) is 6.92 Å². The van der Waals surface area contributed by atoms with Crippen molar-refractivity contribution in [2.45, 2.75) is 37.3 Å². The Hall–Kier alpha value is -3.70. The van der Waals surface area contributed by atoms with Gasteiger partial charge in [-0.25, -0.2) is 23.7 Å². The van der Waals surface area contributed by atoms with Gasteiger partial charge in [-0.05, 0) is 37.5 Å². The Bertz CT molecular complexity index is 1520. The summed E-state index contributed by atoms with van der Waals surface area (Å²) in [5, 5.41) is 13.4. The third-order valence-corrected chi connectivity index (χ3v) is 8.24. The normalized spacial score (nSPS) is 26.2. The number of nitrogens with zero attached hydrogens (tertiary/aromatic N) is 5. The molecule has 0 unspecified atom stereocenters. The van der Waals surface area contributed by atoms with E-state index in [4.69, 9.17) is 11.6 Å². The van der Waals surface area contributed by atoms with Crippen molar-refractivity contribution in [2.24, 2.45) is 5.92 Å². The Morgan fingerprint density at radius 1 is 1.21 bits per heavy atom. The molecule has 202 valence electrons. The average Bonchev–Trinajstić information content (AvgIpc) is 3.52. The lowest BCUT2D eigenvalue weighted by Gasteiger charge is -2.42. The van der Waals surface area contributed by atoms with Crippen molar-refractivity contribution < 1.29 is 23.5 Å². The van der Waals surface area contributed by atoms with Gasteiger partial charge in [0.05, 0.1) is 27.7 Å². The molecule has 3 aromatic rings. The van der Waals surface area contributed by atoms with E-state index in [1.165, 1.54) is 30.6 Å². The number of aromatic nitrogens is 3. The number of hydrogen-bond donors (Lipinski definition) is 2. The van der Waals surface area contributed by atoms with Crippen LogP contribution in [0.2, 0.25) is 5.02 Å². The lowest BCUT2D eigenvalue weighted by atomic mass is 9.74. The number of carbonyl (C=O) groups is 2. The molecule has 4 heterocycles. The molecule has 1 aromatic carbocycles. The van der Waals surface area contributed by atoms with E-state index in [-0.39, 0.29) is 58.0 Å². The number of halogens is 3. The summed E-state index contributed by atoms with van der Waals surface area (Å²) < 4.78 is 30.1. The number of nitrogens with one attached hydrogen (secondary N) is 1. The van der Waals surface area contributed by atoms with Crippen LogP contribution in [0.4, 0.5) is 20.5 Å². The van der Waals surface area contributed by atoms with Gasteiger partial charge in [-0.1, -0.05) is 30.7 Å². The fraction of sp³-hybridized carbons (Fsp3) is 0.370. The number of pyridine rings is 1. The smallest absolute Gasteiger partial charge is 0.263 e. The van der Waals surface area contributed by atoms with Gasteiger partial charge in [0.1, 0.15) is 11.4 Å². The molecule has 1 aliphatic carbocycles. The van der Waals surface area contributed by atoms with Crippen molar-refractivity contribution in [3.8, 4) is 0 Å². The van der Waals surface area contributed by atoms with Crippen molar-refractivity contribution in [1.82, 2.24) is 19.9 Å². The highest BCUT2D eigenvalue weighted by atomic mass is 35.5. The van der Waals surface area contributed by atoms with Gasteiger partial charge in [0.2, 0.25) is 5.95 Å². The van der Waals surface area contributed by atoms with E-state index in [0.29, 0.717) is 19.5 Å². The van der Waals surface area contributed by atoms with Crippen LogP contribution in [0.1, 0.15) is 41.9 Å². The Kier molecular flexibility index (Phi) is 5.85. The minimum atomic E-state index is -1.27. The van der Waals surface area contributed by atoms with Gasteiger partial charge in [0.25, 0.3) is 11.8 Å². The predicted octanol–water partition coefficient (Wildman–Crippen LogP) is 3.16. The van der Waals surface area contributed by atoms with Crippen molar-refractivity contribution >= 4 is 35.2 Å². The molecule has 2 aromatic heterocycles. The molecule has 9 nitrogen and oxygen atoms in total. The van der Waals surface area contributed by atoms with Gasteiger partial charge >= 0.3 is 0 Å². The summed E-state index contributed by atoms with van der Waals surface area (Å²) in [5.74, 6) is -2.26. The maximum absolute atomic E-state index is 15.4. The van der Waals surface area contributed by atoms with Gasteiger partial charge in [0.15, 0.2) is 11.6 Å². The van der Waals surface area contributed by atoms with Crippen LogP contribution in [0.25, 0.3) is 0 Å². The maximum atomic E-state index is 15.4. The summed E-state index contributed by atoms with van der Waals surface area (Å²) in [6.45, 7) is 4.11. The topological polar surface area (TPSA) is 112 Å². The third kappa shape index (κ3) is 4.02. The SMILES string of the molecule is C[C@H]1C[C@]1(O)C(=O)N1CC(Nc2ncc3c(n2)[C@@](C)(c2cccc(Cl)c2F)CN(c2ncccc2F)C3=O)C1. The lowest BCUT2D eigenvalue weighted by Crippen LogP contribution is -2.60. The first kappa shape index (κ1) is 25.6. The second-order valence-electron chi connectivity index (χ2n) is 10.7. The second-order valence-corrected chi connectivity index (χ2v) is 11.1. The highest BCUT2D eigenvalue weighted by Crippen LogP contribution is 2.45. The maximum Gasteiger partial charge on any atom is 0.263 e. The predicted molar refractivity (Wildman–Crippen MR) is 138 cm³/mol. The van der Waals surface area contributed by atoms with Gasteiger partial charge in [-0.3, -0.25) is 14.5 Å². The molecule has 1 saturated carbocycles. The summed E-state index contributed by atoms with van der Waals surface area (Å²) in [6.07, 6.45) is 3.16. The lowest BCUT2D eigenvalue weighted by molar-refractivity contribution is -0.147. The molecule has 0 radical (unpaired) electrons. The molecular formula is C27H25ClF2N6O3. The van der Waals surface area contributed by atoms with Crippen LogP contribution >= 0.6 is 11.6 Å². The molecule has 6 rings (SSSR count). The number of aliphatic hydroxyl groups is 1. The van der Waals surface area contributed by atoms with Gasteiger partial charge in [0, 0.05) is 37.6 Å². The van der Waals surface area contributed by atoms with Gasteiger partial charge < -0.3 is 15.3 Å². The van der Waals surface area contributed by atoms with Crippen LogP contribution in [0.3, 0.4) is 0 Å². The summed E-state index contributed by atoms with van der Waals surface area (Å²) in [7, 11) is 0. The first-order valence-electron chi connectivity index (χ1n) is 12.6. The molecule has 0 bridgehead atoms. The van der Waals surface area contributed by atoms with Crippen molar-refractivity contribution in [2.75, 3.05) is 29.9 Å². The molecule has 39 heavy (non-hydrogen) atoms. The Morgan fingerprint density at radius 2 is 1.95 bits per heavy atom. The molecule has 0 spiro atoms. The number of likely N-dealkylation sites (tertiary alicyclic amines) is 1. The molecule has 2 N–H and O–H groups in total. The van der Waals surface area contributed by atoms with Crippen LogP contribution in [0.15, 0.2) is 42.7 Å². The zero-order valence-electron chi connectivity index (χ0n) is 21.2. The highest BCUT2D eigenvalue weighted by molar-refractivity contribution is 6.30. The zero-order chi connectivity index (χ0) is 27.7. The first-order chi connectivity index (χ1) is 18.5. The minimum absolute atomic E-state index is 0.0535. The third-order valence-electron chi connectivity index (χ3n) is 7.95. The quantitative estimate of drug-likeness (QED) is 0.498. The molecular weight excluding hydrogens is 530 g/mol. The molecule has 3 aliphatic rings. The summed E-state index contributed by atoms with van der Waals surface area (Å²) in [5.41, 5.74) is -1.99. The number of hydrogen-bond acceptors (Lipinski definition) is 7. The minimum Gasteiger partial charge on any atom is -0.380 e. The Labute approximate surface area is 227 Å². The Balaban J connectivity index is 1.34. The number of benzene rings is 1. The van der Waals surface area contributed by atoms with Crippen LogP contribution in [-0.4, -0.2) is 68.0 Å². The highest BCUT2D eigenvalue weighted by Gasteiger charge is 2.59. The molecule has 3 atom stereocenters. The largest absolute Gasteiger partial charge is 0.380 e. The number of amides is 2. The molecule has 2 aliphatic heterocycles. The van der Waals surface area contributed by atoms with Crippen LogP contribution in [0.5, 0.6) is 0 Å². The van der Waals surface area contributed by atoms with E-state index in [0.717, 1.165) is 4.90 Å². The standard InChI is InChI=1S/C27H25ClF2N6O3/c1-14-9-27(14,39)24(38)35-11-15(12-35)33-25-32-10-16-21(34-25)26(2,17-5-3-6-18(28)20(17)30)13-36(23(16)37)22-19(29)7-4-8-31-22/h3-8,10,14-15,39H,9,11-13H2,1-2H3,(H,32,33,34)/t14-,26+,27+/m0/s1. The monoisotopic (exact) mass is 554 g/mol. The number of rotatable bonds is 5.